The number of nitrogen functional groups attached to an aromatic ring is 1. The third-order valence-electron chi connectivity index (χ3n) is 4.72. The summed E-state index contributed by atoms with van der Waals surface area (Å²) in [5, 5.41) is 21.2. The largest absolute Gasteiger partial charge is 0.384 e. The molecule has 0 saturated heterocycles. The summed E-state index contributed by atoms with van der Waals surface area (Å²) in [7, 11) is 0. The van der Waals surface area contributed by atoms with Gasteiger partial charge in [-0.15, -0.1) is 0 Å². The number of fused-ring (bicyclic) bond motifs is 1. The van der Waals surface area contributed by atoms with Gasteiger partial charge in [0.15, 0.2) is 0 Å². The van der Waals surface area contributed by atoms with E-state index in [1.807, 2.05) is 72.8 Å². The highest BCUT2D eigenvalue weighted by atomic mass is 16.1. The maximum Gasteiger partial charge on any atom is 0.268 e. The van der Waals surface area contributed by atoms with Crippen LogP contribution in [0.4, 0.5) is 5.82 Å². The Morgan fingerprint density at radius 3 is 2.29 bits per heavy atom. The second-order valence-electron chi connectivity index (χ2n) is 6.32. The predicted octanol–water partition coefficient (Wildman–Crippen LogP) is 4.19. The molecule has 4 aromatic rings. The number of hydrogen-bond donors (Lipinski definition) is 2. The second kappa shape index (κ2) is 6.75. The smallest absolute Gasteiger partial charge is 0.268 e. The number of H-pyrrole nitrogens is 1. The quantitative estimate of drug-likeness (QED) is 0.557. The van der Waals surface area contributed by atoms with Crippen molar-refractivity contribution in [3.63, 3.8) is 0 Å². The van der Waals surface area contributed by atoms with Crippen molar-refractivity contribution in [2.45, 2.75) is 0 Å². The molecule has 0 bridgehead atoms. The van der Waals surface area contributed by atoms with Crippen molar-refractivity contribution >= 4 is 16.6 Å². The van der Waals surface area contributed by atoms with Gasteiger partial charge in [0.25, 0.3) is 5.56 Å². The normalized spacial score (nSPS) is 10.4. The average molecular weight is 362 g/mol. The molecule has 0 aliphatic carbocycles. The van der Waals surface area contributed by atoms with E-state index in [1.165, 1.54) is 0 Å². The minimum atomic E-state index is -0.607. The van der Waals surface area contributed by atoms with Crippen molar-refractivity contribution in [3.8, 4) is 34.4 Å². The maximum absolute atomic E-state index is 12.2. The van der Waals surface area contributed by atoms with Crippen LogP contribution in [0.15, 0.2) is 71.5 Å². The zero-order valence-corrected chi connectivity index (χ0v) is 14.7. The van der Waals surface area contributed by atoms with E-state index < -0.39 is 5.56 Å². The van der Waals surface area contributed by atoms with E-state index in [0.29, 0.717) is 5.56 Å². The van der Waals surface area contributed by atoms with Crippen LogP contribution in [-0.2, 0) is 0 Å². The summed E-state index contributed by atoms with van der Waals surface area (Å²) >= 11 is 0. The molecule has 0 spiro atoms. The van der Waals surface area contributed by atoms with E-state index in [4.69, 9.17) is 5.73 Å². The van der Waals surface area contributed by atoms with Crippen molar-refractivity contribution in [1.82, 2.24) is 4.98 Å². The lowest BCUT2D eigenvalue weighted by Crippen LogP contribution is -2.16. The number of nitriles is 2. The number of nitrogens with one attached hydrogen (secondary N) is 1. The molecule has 132 valence electrons. The molecule has 0 unspecified atom stereocenters. The minimum absolute atomic E-state index is 0.0444. The molecule has 5 nitrogen and oxygen atoms in total. The Morgan fingerprint density at radius 2 is 1.50 bits per heavy atom. The molecule has 0 aliphatic rings. The molecular formula is C23H14N4O. The Labute approximate surface area is 160 Å². The fraction of sp³-hybridized carbons (Fsp3) is 0. The first-order valence-electron chi connectivity index (χ1n) is 8.58. The zero-order chi connectivity index (χ0) is 19.7. The summed E-state index contributed by atoms with van der Waals surface area (Å²) in [5.74, 6) is -0.0444. The van der Waals surface area contributed by atoms with Crippen LogP contribution < -0.4 is 11.3 Å². The van der Waals surface area contributed by atoms with Crippen LogP contribution in [-0.4, -0.2) is 4.98 Å². The van der Waals surface area contributed by atoms with Crippen LogP contribution in [0.1, 0.15) is 11.1 Å². The zero-order valence-electron chi connectivity index (χ0n) is 14.7. The number of benzene rings is 3. The summed E-state index contributed by atoms with van der Waals surface area (Å²) in [4.78, 5) is 14.6. The van der Waals surface area contributed by atoms with Gasteiger partial charge in [-0.2, -0.15) is 10.5 Å². The molecule has 0 atom stereocenters. The van der Waals surface area contributed by atoms with Gasteiger partial charge in [-0.1, -0.05) is 60.7 Å². The predicted molar refractivity (Wildman–Crippen MR) is 109 cm³/mol. The molecular weight excluding hydrogens is 348 g/mol. The molecule has 5 heteroatoms. The number of anilines is 1. The molecule has 0 radical (unpaired) electrons. The summed E-state index contributed by atoms with van der Waals surface area (Å²) in [5.41, 5.74) is 7.98. The molecule has 1 aromatic heterocycles. The fourth-order valence-corrected chi connectivity index (χ4v) is 3.45. The topological polar surface area (TPSA) is 106 Å². The first-order valence-corrected chi connectivity index (χ1v) is 8.58. The monoisotopic (exact) mass is 362 g/mol. The van der Waals surface area contributed by atoms with E-state index in [2.05, 4.69) is 4.98 Å². The molecule has 1 heterocycles. The van der Waals surface area contributed by atoms with Crippen molar-refractivity contribution in [2.75, 3.05) is 5.73 Å². The van der Waals surface area contributed by atoms with Gasteiger partial charge in [-0.3, -0.25) is 4.79 Å². The molecule has 4 rings (SSSR count). The Morgan fingerprint density at radius 1 is 0.821 bits per heavy atom. The molecule has 0 aliphatic heterocycles. The Hall–Kier alpha value is -4.35. The van der Waals surface area contributed by atoms with Gasteiger partial charge < -0.3 is 10.7 Å². The van der Waals surface area contributed by atoms with Gasteiger partial charge in [0.2, 0.25) is 0 Å². The Bertz CT molecular complexity index is 1360. The fourth-order valence-electron chi connectivity index (χ4n) is 3.45. The molecule has 0 fully saturated rings. The lowest BCUT2D eigenvalue weighted by molar-refractivity contribution is 1.21. The van der Waals surface area contributed by atoms with Crippen LogP contribution in [0.5, 0.6) is 0 Å². The Balaban J connectivity index is 2.01. The van der Waals surface area contributed by atoms with Crippen LogP contribution >= 0.6 is 0 Å². The van der Waals surface area contributed by atoms with Crippen molar-refractivity contribution < 1.29 is 0 Å². The van der Waals surface area contributed by atoms with Gasteiger partial charge >= 0.3 is 0 Å². The van der Waals surface area contributed by atoms with Crippen LogP contribution in [0.3, 0.4) is 0 Å². The molecule has 0 amide bonds. The molecule has 0 saturated carbocycles. The highest BCUT2D eigenvalue weighted by Gasteiger charge is 2.18. The van der Waals surface area contributed by atoms with Gasteiger partial charge in [-0.25, -0.2) is 0 Å². The lowest BCUT2D eigenvalue weighted by atomic mass is 9.92. The molecule has 3 aromatic carbocycles. The maximum atomic E-state index is 12.2. The van der Waals surface area contributed by atoms with Crippen molar-refractivity contribution in [2.24, 2.45) is 0 Å². The van der Waals surface area contributed by atoms with Gasteiger partial charge in [-0.05, 0) is 33.5 Å². The van der Waals surface area contributed by atoms with E-state index in [0.717, 1.165) is 21.9 Å². The van der Waals surface area contributed by atoms with Crippen LogP contribution in [0, 0.1) is 22.7 Å². The standard InChI is InChI=1S/C23H14N4O/c24-12-19-21(20(13-25)23(28)27-22(19)26)16-8-3-7-15(11-16)18-10-4-6-14-5-1-2-9-17(14)18/h1-11H,(H3,26,27,28). The number of aromatic nitrogens is 1. The van der Waals surface area contributed by atoms with Crippen LogP contribution in [0.25, 0.3) is 33.0 Å². The summed E-state index contributed by atoms with van der Waals surface area (Å²) in [6.07, 6.45) is 0. The van der Waals surface area contributed by atoms with E-state index in [9.17, 15) is 15.3 Å². The summed E-state index contributed by atoms with van der Waals surface area (Å²) in [6, 6.07) is 25.4. The van der Waals surface area contributed by atoms with Crippen molar-refractivity contribution in [3.05, 3.63) is 88.2 Å². The van der Waals surface area contributed by atoms with E-state index >= 15 is 0 Å². The third-order valence-corrected chi connectivity index (χ3v) is 4.72. The van der Waals surface area contributed by atoms with Crippen molar-refractivity contribution in [1.29, 1.82) is 10.5 Å². The minimum Gasteiger partial charge on any atom is -0.384 e. The number of rotatable bonds is 2. The summed E-state index contributed by atoms with van der Waals surface area (Å²) < 4.78 is 0. The third kappa shape index (κ3) is 2.68. The molecule has 28 heavy (non-hydrogen) atoms. The first-order chi connectivity index (χ1) is 13.6. The average Bonchev–Trinajstić information content (AvgIpc) is 2.73. The SMILES string of the molecule is N#Cc1c(N)[nH]c(=O)c(C#N)c1-c1cccc(-c2cccc3ccccc23)c1. The highest BCUT2D eigenvalue weighted by molar-refractivity contribution is 5.97. The van der Waals surface area contributed by atoms with E-state index in [-0.39, 0.29) is 22.5 Å². The van der Waals surface area contributed by atoms with Gasteiger partial charge in [0.05, 0.1) is 0 Å². The number of aromatic amines is 1. The summed E-state index contributed by atoms with van der Waals surface area (Å²) in [6.45, 7) is 0. The second-order valence-corrected chi connectivity index (χ2v) is 6.32. The van der Waals surface area contributed by atoms with Crippen LogP contribution in [0.2, 0.25) is 0 Å². The lowest BCUT2D eigenvalue weighted by Gasteiger charge is -2.12. The first kappa shape index (κ1) is 17.1. The van der Waals surface area contributed by atoms with E-state index in [1.54, 1.807) is 6.07 Å². The number of nitrogens with zero attached hydrogens (tertiary/aromatic N) is 2. The number of nitrogens with two attached hydrogens (primary N) is 1. The molecule has 3 N–H and O–H groups in total. The highest BCUT2D eigenvalue weighted by Crippen LogP contribution is 2.34. The number of hydrogen-bond acceptors (Lipinski definition) is 4. The van der Waals surface area contributed by atoms with Gasteiger partial charge in [0.1, 0.15) is 29.1 Å². The number of pyridine rings is 1. The Kier molecular flexibility index (Phi) is 4.12. The van der Waals surface area contributed by atoms with Gasteiger partial charge in [0, 0.05) is 5.56 Å².